The number of hydrogen-bond acceptors (Lipinski definition) is 8. The highest BCUT2D eigenvalue weighted by atomic mass is 19.3. The van der Waals surface area contributed by atoms with Gasteiger partial charge in [-0.05, 0) is 37.6 Å². The molecule has 0 spiro atoms. The molecular weight excluding hydrogens is 406 g/mol. The zero-order valence-electron chi connectivity index (χ0n) is 16.5. The van der Waals surface area contributed by atoms with Gasteiger partial charge in [0, 0.05) is 12.6 Å². The average Bonchev–Trinajstić information content (AvgIpc) is 3.28. The Morgan fingerprint density at radius 2 is 2.19 bits per heavy atom. The Labute approximate surface area is 176 Å². The molecule has 0 aromatic carbocycles. The van der Waals surface area contributed by atoms with Gasteiger partial charge in [0.05, 0.1) is 41.3 Å². The standard InChI is InChI=1S/C20H20F2N8O/c21-18(22)11-30-17-10-27-20(29-14(17)1-2-19(30)31)28-13-5-15(16(6-23)26-9-13)25-8-12-3-4-24-7-12/h1-2,5,9-10,12,18,24-25H,3-4,7-8,11H2,(H,27,28,29)/t12-/m0/s1. The molecule has 9 nitrogen and oxygen atoms in total. The molecule has 160 valence electrons. The van der Waals surface area contributed by atoms with Crippen LogP contribution >= 0.6 is 0 Å². The van der Waals surface area contributed by atoms with E-state index in [0.717, 1.165) is 30.6 Å². The first-order valence-corrected chi connectivity index (χ1v) is 9.80. The van der Waals surface area contributed by atoms with Gasteiger partial charge in [0.2, 0.25) is 5.95 Å². The third-order valence-corrected chi connectivity index (χ3v) is 5.05. The molecule has 1 fully saturated rings. The molecule has 0 radical (unpaired) electrons. The summed E-state index contributed by atoms with van der Waals surface area (Å²) in [6.07, 6.45) is 1.22. The number of nitrogens with zero attached hydrogens (tertiary/aromatic N) is 5. The summed E-state index contributed by atoms with van der Waals surface area (Å²) in [7, 11) is 0. The number of halogens is 2. The fraction of sp³-hybridized carbons (Fsp3) is 0.350. The number of pyridine rings is 2. The van der Waals surface area contributed by atoms with Crippen LogP contribution in [0, 0.1) is 17.2 Å². The van der Waals surface area contributed by atoms with Crippen molar-refractivity contribution in [1.82, 2.24) is 24.8 Å². The highest BCUT2D eigenvalue weighted by molar-refractivity contribution is 5.75. The molecule has 1 aliphatic heterocycles. The Morgan fingerprint density at radius 1 is 1.32 bits per heavy atom. The van der Waals surface area contributed by atoms with E-state index in [1.807, 2.05) is 0 Å². The van der Waals surface area contributed by atoms with Crippen molar-refractivity contribution in [3.63, 3.8) is 0 Å². The van der Waals surface area contributed by atoms with Crippen LogP contribution in [-0.4, -0.2) is 45.6 Å². The summed E-state index contributed by atoms with van der Waals surface area (Å²) in [5.74, 6) is 0.699. The van der Waals surface area contributed by atoms with Crippen LogP contribution in [-0.2, 0) is 6.54 Å². The Balaban J connectivity index is 1.56. The van der Waals surface area contributed by atoms with Gasteiger partial charge in [-0.15, -0.1) is 0 Å². The Bertz CT molecular complexity index is 1180. The van der Waals surface area contributed by atoms with E-state index in [1.54, 1.807) is 6.07 Å². The summed E-state index contributed by atoms with van der Waals surface area (Å²) < 4.78 is 26.6. The van der Waals surface area contributed by atoms with Crippen molar-refractivity contribution >= 4 is 28.4 Å². The van der Waals surface area contributed by atoms with Crippen LogP contribution in [0.5, 0.6) is 0 Å². The summed E-state index contributed by atoms with van der Waals surface area (Å²) in [4.78, 5) is 24.5. The van der Waals surface area contributed by atoms with Crippen LogP contribution in [0.4, 0.5) is 26.1 Å². The van der Waals surface area contributed by atoms with E-state index in [1.165, 1.54) is 24.5 Å². The fourth-order valence-electron chi connectivity index (χ4n) is 3.49. The summed E-state index contributed by atoms with van der Waals surface area (Å²) in [6.45, 7) is 1.92. The van der Waals surface area contributed by atoms with Gasteiger partial charge < -0.3 is 16.0 Å². The molecule has 1 aliphatic rings. The second-order valence-corrected chi connectivity index (χ2v) is 7.23. The summed E-state index contributed by atoms with van der Waals surface area (Å²) in [6, 6.07) is 6.48. The lowest BCUT2D eigenvalue weighted by molar-refractivity contribution is 0.127. The van der Waals surface area contributed by atoms with E-state index in [2.05, 4.69) is 37.0 Å². The van der Waals surface area contributed by atoms with Crippen molar-refractivity contribution in [3.05, 3.63) is 46.6 Å². The van der Waals surface area contributed by atoms with Gasteiger partial charge in [-0.1, -0.05) is 0 Å². The number of hydrogen-bond donors (Lipinski definition) is 3. The Morgan fingerprint density at radius 3 is 2.94 bits per heavy atom. The molecule has 3 N–H and O–H groups in total. The van der Waals surface area contributed by atoms with Gasteiger partial charge in [0.1, 0.15) is 6.07 Å². The van der Waals surface area contributed by atoms with Crippen LogP contribution < -0.4 is 21.5 Å². The smallest absolute Gasteiger partial charge is 0.256 e. The minimum absolute atomic E-state index is 0.215. The number of fused-ring (bicyclic) bond motifs is 1. The second kappa shape index (κ2) is 9.01. The minimum atomic E-state index is -2.67. The van der Waals surface area contributed by atoms with Crippen molar-refractivity contribution in [2.45, 2.75) is 19.4 Å². The highest BCUT2D eigenvalue weighted by Gasteiger charge is 2.16. The van der Waals surface area contributed by atoms with Gasteiger partial charge in [-0.25, -0.2) is 23.7 Å². The number of nitriles is 1. The molecule has 0 amide bonds. The maximum Gasteiger partial charge on any atom is 0.256 e. The SMILES string of the molecule is N#Cc1ncc(Nc2ncc3c(ccc(=O)n3CC(F)F)n2)cc1NC[C@H]1CCNC1. The van der Waals surface area contributed by atoms with E-state index in [9.17, 15) is 18.8 Å². The molecule has 3 aromatic rings. The number of alkyl halides is 2. The summed E-state index contributed by atoms with van der Waals surface area (Å²) in [5, 5.41) is 18.9. The lowest BCUT2D eigenvalue weighted by Crippen LogP contribution is -2.23. The van der Waals surface area contributed by atoms with E-state index < -0.39 is 18.5 Å². The van der Waals surface area contributed by atoms with Crippen molar-refractivity contribution < 1.29 is 8.78 Å². The first-order valence-electron chi connectivity index (χ1n) is 9.80. The summed E-state index contributed by atoms with van der Waals surface area (Å²) in [5.41, 5.74) is 1.49. The normalized spacial score (nSPS) is 15.9. The molecule has 4 rings (SSSR count). The Hall–Kier alpha value is -3.65. The average molecular weight is 426 g/mol. The molecular formula is C20H20F2N8O. The predicted molar refractivity (Wildman–Crippen MR) is 112 cm³/mol. The van der Waals surface area contributed by atoms with Gasteiger partial charge in [-0.2, -0.15) is 5.26 Å². The molecule has 31 heavy (non-hydrogen) atoms. The van der Waals surface area contributed by atoms with E-state index >= 15 is 0 Å². The van der Waals surface area contributed by atoms with Crippen molar-refractivity contribution in [2.24, 2.45) is 5.92 Å². The third-order valence-electron chi connectivity index (χ3n) is 5.05. The molecule has 0 aliphatic carbocycles. The fourth-order valence-corrected chi connectivity index (χ4v) is 3.49. The minimum Gasteiger partial charge on any atom is -0.382 e. The number of nitrogens with one attached hydrogen (secondary N) is 3. The largest absolute Gasteiger partial charge is 0.382 e. The highest BCUT2D eigenvalue weighted by Crippen LogP contribution is 2.22. The maximum absolute atomic E-state index is 12.8. The lowest BCUT2D eigenvalue weighted by atomic mass is 10.1. The van der Waals surface area contributed by atoms with E-state index in [0.29, 0.717) is 22.8 Å². The molecule has 11 heteroatoms. The van der Waals surface area contributed by atoms with Crippen molar-refractivity contribution in [3.8, 4) is 6.07 Å². The lowest BCUT2D eigenvalue weighted by Gasteiger charge is -2.14. The zero-order chi connectivity index (χ0) is 21.8. The molecule has 1 saturated heterocycles. The van der Waals surface area contributed by atoms with Crippen molar-refractivity contribution in [2.75, 3.05) is 30.3 Å². The van der Waals surface area contributed by atoms with E-state index in [4.69, 9.17) is 0 Å². The quantitative estimate of drug-likeness (QED) is 0.525. The second-order valence-electron chi connectivity index (χ2n) is 7.23. The molecule has 1 atom stereocenters. The van der Waals surface area contributed by atoms with Crippen molar-refractivity contribution in [1.29, 1.82) is 5.26 Å². The first-order chi connectivity index (χ1) is 15.0. The van der Waals surface area contributed by atoms with Crippen LogP contribution in [0.25, 0.3) is 11.0 Å². The topological polar surface area (TPSA) is 121 Å². The first kappa shape index (κ1) is 20.6. The van der Waals surface area contributed by atoms with Gasteiger partial charge in [0.25, 0.3) is 12.0 Å². The molecule has 0 unspecified atom stereocenters. The van der Waals surface area contributed by atoms with Gasteiger partial charge in [-0.3, -0.25) is 9.36 Å². The summed E-state index contributed by atoms with van der Waals surface area (Å²) >= 11 is 0. The van der Waals surface area contributed by atoms with Crippen LogP contribution in [0.15, 0.2) is 35.4 Å². The van der Waals surface area contributed by atoms with Gasteiger partial charge >= 0.3 is 0 Å². The maximum atomic E-state index is 12.8. The van der Waals surface area contributed by atoms with E-state index in [-0.39, 0.29) is 17.2 Å². The molecule has 4 heterocycles. The number of anilines is 3. The molecule has 0 saturated carbocycles. The zero-order valence-corrected chi connectivity index (χ0v) is 16.5. The predicted octanol–water partition coefficient (Wildman–Crippen LogP) is 2.09. The van der Waals surface area contributed by atoms with Crippen LogP contribution in [0.1, 0.15) is 12.1 Å². The van der Waals surface area contributed by atoms with Gasteiger partial charge in [0.15, 0.2) is 5.69 Å². The Kier molecular flexibility index (Phi) is 5.99. The number of aromatic nitrogens is 4. The third kappa shape index (κ3) is 4.75. The molecule has 0 bridgehead atoms. The number of rotatable bonds is 7. The monoisotopic (exact) mass is 426 g/mol. The molecule has 3 aromatic heterocycles. The van der Waals surface area contributed by atoms with Crippen LogP contribution in [0.3, 0.4) is 0 Å². The van der Waals surface area contributed by atoms with Crippen LogP contribution in [0.2, 0.25) is 0 Å².